The molecule has 1 aromatic heterocycles. The summed E-state index contributed by atoms with van der Waals surface area (Å²) in [5.41, 5.74) is 2.87. The maximum absolute atomic E-state index is 11.2. The van der Waals surface area contributed by atoms with Gasteiger partial charge < -0.3 is 10.6 Å². The Morgan fingerprint density at radius 2 is 2.40 bits per heavy atom. The SMILES string of the molecule is CCCNC(=O)CNCc1scnc1C. The number of nitrogens with one attached hydrogen (secondary N) is 2. The molecule has 1 rings (SSSR count). The van der Waals surface area contributed by atoms with Gasteiger partial charge in [-0.05, 0) is 13.3 Å². The van der Waals surface area contributed by atoms with Crippen LogP contribution in [0.1, 0.15) is 23.9 Å². The molecule has 0 radical (unpaired) electrons. The normalized spacial score (nSPS) is 10.3. The standard InChI is InChI=1S/C10H17N3OS/c1-3-4-12-10(14)6-11-5-9-8(2)13-7-15-9/h7,11H,3-6H2,1-2H3,(H,12,14). The molecule has 84 valence electrons. The third kappa shape index (κ3) is 4.40. The molecule has 0 aliphatic carbocycles. The van der Waals surface area contributed by atoms with Crippen LogP contribution in [0.2, 0.25) is 0 Å². The summed E-state index contributed by atoms with van der Waals surface area (Å²) in [6.45, 7) is 5.85. The molecule has 0 unspecified atom stereocenters. The first-order valence-electron chi connectivity index (χ1n) is 5.10. The van der Waals surface area contributed by atoms with Gasteiger partial charge in [0, 0.05) is 18.0 Å². The monoisotopic (exact) mass is 227 g/mol. The average Bonchev–Trinajstić information content (AvgIpc) is 2.61. The van der Waals surface area contributed by atoms with Gasteiger partial charge in [0.15, 0.2) is 0 Å². The number of carbonyl (C=O) groups excluding carboxylic acids is 1. The van der Waals surface area contributed by atoms with E-state index in [1.165, 1.54) is 4.88 Å². The summed E-state index contributed by atoms with van der Waals surface area (Å²) in [6, 6.07) is 0. The summed E-state index contributed by atoms with van der Waals surface area (Å²) < 4.78 is 0. The number of aromatic nitrogens is 1. The molecule has 0 fully saturated rings. The second-order valence-electron chi connectivity index (χ2n) is 3.31. The minimum atomic E-state index is 0.0546. The summed E-state index contributed by atoms with van der Waals surface area (Å²) >= 11 is 1.61. The summed E-state index contributed by atoms with van der Waals surface area (Å²) in [7, 11) is 0. The van der Waals surface area contributed by atoms with E-state index in [0.29, 0.717) is 6.54 Å². The van der Waals surface area contributed by atoms with Gasteiger partial charge in [0.1, 0.15) is 0 Å². The zero-order chi connectivity index (χ0) is 11.1. The van der Waals surface area contributed by atoms with E-state index in [4.69, 9.17) is 0 Å². The largest absolute Gasteiger partial charge is 0.355 e. The fourth-order valence-electron chi connectivity index (χ4n) is 1.11. The third-order valence-electron chi connectivity index (χ3n) is 1.99. The first-order valence-corrected chi connectivity index (χ1v) is 5.98. The molecular weight excluding hydrogens is 210 g/mol. The molecule has 0 aliphatic rings. The van der Waals surface area contributed by atoms with Gasteiger partial charge >= 0.3 is 0 Å². The highest BCUT2D eigenvalue weighted by molar-refractivity contribution is 7.09. The fraction of sp³-hybridized carbons (Fsp3) is 0.600. The zero-order valence-electron chi connectivity index (χ0n) is 9.17. The molecule has 0 atom stereocenters. The first-order chi connectivity index (χ1) is 7.24. The highest BCUT2D eigenvalue weighted by Crippen LogP contribution is 2.10. The van der Waals surface area contributed by atoms with Crippen LogP contribution in [0.15, 0.2) is 5.51 Å². The molecule has 0 aliphatic heterocycles. The van der Waals surface area contributed by atoms with Crippen molar-refractivity contribution in [2.75, 3.05) is 13.1 Å². The highest BCUT2D eigenvalue weighted by Gasteiger charge is 2.02. The minimum Gasteiger partial charge on any atom is -0.355 e. The Hall–Kier alpha value is -0.940. The van der Waals surface area contributed by atoms with Crippen molar-refractivity contribution in [2.45, 2.75) is 26.8 Å². The van der Waals surface area contributed by atoms with Crippen molar-refractivity contribution < 1.29 is 4.79 Å². The minimum absolute atomic E-state index is 0.0546. The molecular formula is C10H17N3OS. The van der Waals surface area contributed by atoms with Crippen LogP contribution in [0.3, 0.4) is 0 Å². The summed E-state index contributed by atoms with van der Waals surface area (Å²) in [5, 5.41) is 5.91. The van der Waals surface area contributed by atoms with E-state index in [0.717, 1.165) is 25.2 Å². The maximum Gasteiger partial charge on any atom is 0.233 e. The Kier molecular flexibility index (Phi) is 5.28. The maximum atomic E-state index is 11.2. The Morgan fingerprint density at radius 3 is 3.00 bits per heavy atom. The lowest BCUT2D eigenvalue weighted by Crippen LogP contribution is -2.33. The van der Waals surface area contributed by atoms with Crippen molar-refractivity contribution in [3.63, 3.8) is 0 Å². The predicted octanol–water partition coefficient (Wildman–Crippen LogP) is 1.07. The third-order valence-corrected chi connectivity index (χ3v) is 2.92. The molecule has 4 nitrogen and oxygen atoms in total. The summed E-state index contributed by atoms with van der Waals surface area (Å²) in [5.74, 6) is 0.0546. The molecule has 1 amide bonds. The van der Waals surface area contributed by atoms with Crippen LogP contribution in [-0.2, 0) is 11.3 Å². The van der Waals surface area contributed by atoms with E-state index in [1.54, 1.807) is 11.3 Å². The predicted molar refractivity (Wildman–Crippen MR) is 61.9 cm³/mol. The second kappa shape index (κ2) is 6.53. The lowest BCUT2D eigenvalue weighted by Gasteiger charge is -2.04. The molecule has 0 spiro atoms. The van der Waals surface area contributed by atoms with Crippen LogP contribution < -0.4 is 10.6 Å². The topological polar surface area (TPSA) is 54.0 Å². The zero-order valence-corrected chi connectivity index (χ0v) is 9.99. The number of carbonyl (C=O) groups is 1. The molecule has 15 heavy (non-hydrogen) atoms. The van der Waals surface area contributed by atoms with Crippen LogP contribution in [0.25, 0.3) is 0 Å². The van der Waals surface area contributed by atoms with Gasteiger partial charge in [0.2, 0.25) is 5.91 Å². The Bertz CT molecular complexity index is 311. The Labute approximate surface area is 94.1 Å². The summed E-state index contributed by atoms with van der Waals surface area (Å²) in [4.78, 5) is 16.6. The lowest BCUT2D eigenvalue weighted by molar-refractivity contribution is -0.120. The molecule has 0 aromatic carbocycles. The first kappa shape index (κ1) is 12.1. The smallest absolute Gasteiger partial charge is 0.233 e. The van der Waals surface area contributed by atoms with E-state index < -0.39 is 0 Å². The van der Waals surface area contributed by atoms with Crippen molar-refractivity contribution in [3.8, 4) is 0 Å². The molecule has 1 aromatic rings. The van der Waals surface area contributed by atoms with E-state index >= 15 is 0 Å². The van der Waals surface area contributed by atoms with Crippen LogP contribution in [0.5, 0.6) is 0 Å². The van der Waals surface area contributed by atoms with Crippen molar-refractivity contribution in [1.82, 2.24) is 15.6 Å². The number of nitrogens with zero attached hydrogens (tertiary/aromatic N) is 1. The van der Waals surface area contributed by atoms with Gasteiger partial charge in [-0.3, -0.25) is 4.79 Å². The van der Waals surface area contributed by atoms with Crippen molar-refractivity contribution in [1.29, 1.82) is 0 Å². The van der Waals surface area contributed by atoms with E-state index in [2.05, 4.69) is 15.6 Å². The van der Waals surface area contributed by atoms with Gasteiger partial charge in [-0.15, -0.1) is 11.3 Å². The van der Waals surface area contributed by atoms with Crippen LogP contribution in [-0.4, -0.2) is 24.0 Å². The molecule has 0 bridgehead atoms. The molecule has 0 saturated heterocycles. The van der Waals surface area contributed by atoms with E-state index in [-0.39, 0.29) is 5.91 Å². The number of amides is 1. The van der Waals surface area contributed by atoms with Crippen LogP contribution in [0.4, 0.5) is 0 Å². The van der Waals surface area contributed by atoms with Crippen LogP contribution >= 0.6 is 11.3 Å². The summed E-state index contributed by atoms with van der Waals surface area (Å²) in [6.07, 6.45) is 0.972. The van der Waals surface area contributed by atoms with Gasteiger partial charge in [-0.1, -0.05) is 6.92 Å². The van der Waals surface area contributed by atoms with Gasteiger partial charge in [0.25, 0.3) is 0 Å². The molecule has 1 heterocycles. The Morgan fingerprint density at radius 1 is 1.60 bits per heavy atom. The molecule has 2 N–H and O–H groups in total. The van der Waals surface area contributed by atoms with Crippen molar-refractivity contribution in [2.24, 2.45) is 0 Å². The number of thiazole rings is 1. The fourth-order valence-corrected chi connectivity index (χ4v) is 1.86. The second-order valence-corrected chi connectivity index (χ2v) is 4.25. The van der Waals surface area contributed by atoms with E-state index in [1.807, 2.05) is 19.4 Å². The lowest BCUT2D eigenvalue weighted by atomic mass is 10.4. The molecule has 5 heteroatoms. The number of aryl methyl sites for hydroxylation is 1. The van der Waals surface area contributed by atoms with Crippen LogP contribution in [0, 0.1) is 6.92 Å². The van der Waals surface area contributed by atoms with E-state index in [9.17, 15) is 4.79 Å². The average molecular weight is 227 g/mol. The molecule has 0 saturated carbocycles. The van der Waals surface area contributed by atoms with Gasteiger partial charge in [-0.2, -0.15) is 0 Å². The highest BCUT2D eigenvalue weighted by atomic mass is 32.1. The Balaban J connectivity index is 2.16. The van der Waals surface area contributed by atoms with Crippen molar-refractivity contribution in [3.05, 3.63) is 16.1 Å². The number of rotatable bonds is 6. The quantitative estimate of drug-likeness (QED) is 0.764. The van der Waals surface area contributed by atoms with Gasteiger partial charge in [-0.25, -0.2) is 4.98 Å². The number of hydrogen-bond donors (Lipinski definition) is 2. The number of hydrogen-bond acceptors (Lipinski definition) is 4. The van der Waals surface area contributed by atoms with Gasteiger partial charge in [0.05, 0.1) is 17.7 Å². The van der Waals surface area contributed by atoms with Crippen molar-refractivity contribution >= 4 is 17.2 Å².